The minimum Gasteiger partial charge on any atom is -0.497 e. The van der Waals surface area contributed by atoms with Crippen molar-refractivity contribution < 1.29 is 4.74 Å². The van der Waals surface area contributed by atoms with Gasteiger partial charge < -0.3 is 20.3 Å². The lowest BCUT2D eigenvalue weighted by molar-refractivity contribution is 0.292. The molecule has 0 aromatic heterocycles. The zero-order valence-electron chi connectivity index (χ0n) is 12.1. The highest BCUT2D eigenvalue weighted by atomic mass is 79.9. The predicted octanol–water partition coefficient (Wildman–Crippen LogP) is 1.69. The minimum absolute atomic E-state index is 0.166. The number of nitrogens with zero attached hydrogens (tertiary/aromatic N) is 3. The van der Waals surface area contributed by atoms with Gasteiger partial charge in [0.15, 0.2) is 5.96 Å². The van der Waals surface area contributed by atoms with Gasteiger partial charge in [-0.05, 0) is 37.9 Å². The number of methoxy groups -OCH3 is 1. The molecule has 1 aromatic carbocycles. The predicted molar refractivity (Wildman–Crippen MR) is 85.2 cm³/mol. The maximum absolute atomic E-state index is 6.02. The van der Waals surface area contributed by atoms with E-state index in [0.717, 1.165) is 28.9 Å². The van der Waals surface area contributed by atoms with Crippen LogP contribution in [0.4, 0.5) is 0 Å². The van der Waals surface area contributed by atoms with E-state index in [9.17, 15) is 0 Å². The van der Waals surface area contributed by atoms with E-state index in [1.54, 1.807) is 7.11 Å². The zero-order chi connectivity index (χ0) is 14.7. The molecular weight excluding hydrogens is 320 g/mol. The smallest absolute Gasteiger partial charge is 0.191 e. The molecule has 0 bridgehead atoms. The molecule has 1 atom stereocenters. The van der Waals surface area contributed by atoms with Crippen LogP contribution in [-0.2, 0) is 0 Å². The number of likely N-dealkylation sites (N-methyl/N-ethyl adjacent to an activating group) is 1. The van der Waals surface area contributed by atoms with E-state index in [1.807, 2.05) is 18.2 Å². The molecule has 5 nitrogen and oxygen atoms in total. The summed E-state index contributed by atoms with van der Waals surface area (Å²) in [6, 6.07) is 6.16. The Hall–Kier alpha value is -1.27. The Balaban J connectivity index is 2.22. The molecule has 1 aliphatic rings. The van der Waals surface area contributed by atoms with Gasteiger partial charge >= 0.3 is 0 Å². The number of rotatable bonds is 5. The summed E-state index contributed by atoms with van der Waals surface area (Å²) in [5.74, 6) is 1.47. The third kappa shape index (κ3) is 3.24. The zero-order valence-corrected chi connectivity index (χ0v) is 13.7. The van der Waals surface area contributed by atoms with Crippen molar-refractivity contribution in [1.29, 1.82) is 0 Å². The van der Waals surface area contributed by atoms with Gasteiger partial charge in [-0.15, -0.1) is 0 Å². The normalized spacial score (nSPS) is 18.6. The largest absolute Gasteiger partial charge is 0.497 e. The fourth-order valence-electron chi connectivity index (χ4n) is 2.28. The van der Waals surface area contributed by atoms with Crippen LogP contribution in [0.2, 0.25) is 0 Å². The number of guanidine groups is 1. The topological polar surface area (TPSA) is 54.1 Å². The summed E-state index contributed by atoms with van der Waals surface area (Å²) < 4.78 is 6.37. The number of aliphatic imine (C=N–C) groups is 1. The highest BCUT2D eigenvalue weighted by Crippen LogP contribution is 2.33. The summed E-state index contributed by atoms with van der Waals surface area (Å²) in [5.41, 5.74) is 7.18. The maximum atomic E-state index is 6.02. The Labute approximate surface area is 128 Å². The summed E-state index contributed by atoms with van der Waals surface area (Å²) >= 11 is 3.61. The summed E-state index contributed by atoms with van der Waals surface area (Å²) in [7, 11) is 5.79. The van der Waals surface area contributed by atoms with Crippen LogP contribution in [0.15, 0.2) is 27.7 Å². The summed E-state index contributed by atoms with van der Waals surface area (Å²) in [6.45, 7) is 2.48. The summed E-state index contributed by atoms with van der Waals surface area (Å²) in [6.07, 6.45) is 0. The molecule has 1 heterocycles. The molecule has 110 valence electrons. The van der Waals surface area contributed by atoms with Crippen LogP contribution in [0.1, 0.15) is 11.6 Å². The number of ether oxygens (including phenoxy) is 1. The van der Waals surface area contributed by atoms with Gasteiger partial charge in [0.25, 0.3) is 0 Å². The van der Waals surface area contributed by atoms with E-state index in [-0.39, 0.29) is 6.04 Å². The molecule has 0 amide bonds. The number of benzene rings is 1. The monoisotopic (exact) mass is 340 g/mol. The van der Waals surface area contributed by atoms with Crippen LogP contribution in [-0.4, -0.2) is 56.6 Å². The lowest BCUT2D eigenvalue weighted by Gasteiger charge is -2.28. The Kier molecular flexibility index (Phi) is 4.88. The Morgan fingerprint density at radius 2 is 2.25 bits per heavy atom. The third-order valence-electron chi connectivity index (χ3n) is 3.45. The fourth-order valence-corrected chi connectivity index (χ4v) is 2.79. The van der Waals surface area contributed by atoms with Gasteiger partial charge in [0.2, 0.25) is 0 Å². The third-order valence-corrected chi connectivity index (χ3v) is 4.17. The van der Waals surface area contributed by atoms with Gasteiger partial charge in [-0.25, -0.2) is 0 Å². The van der Waals surface area contributed by atoms with Gasteiger partial charge in [0, 0.05) is 17.6 Å². The summed E-state index contributed by atoms with van der Waals surface area (Å²) in [4.78, 5) is 8.68. The molecule has 2 rings (SSSR count). The first kappa shape index (κ1) is 15.1. The average molecular weight is 341 g/mol. The summed E-state index contributed by atoms with van der Waals surface area (Å²) in [5, 5.41) is 0. The first-order chi connectivity index (χ1) is 9.52. The standard InChI is InChI=1S/C14H21BrN4O/c1-18(2)6-7-19-13(9-17-14(19)16)11-8-10(20-3)4-5-12(11)15/h4-5,8,13H,6-7,9H2,1-3H3,(H2,16,17). The molecule has 2 N–H and O–H groups in total. The number of hydrogen-bond donors (Lipinski definition) is 1. The SMILES string of the molecule is COc1ccc(Br)c(C2CN=C(N)N2CCN(C)C)c1. The Morgan fingerprint density at radius 1 is 1.50 bits per heavy atom. The highest BCUT2D eigenvalue weighted by Gasteiger charge is 2.28. The Bertz CT molecular complexity index is 504. The van der Waals surface area contributed by atoms with Crippen molar-refractivity contribution in [2.45, 2.75) is 6.04 Å². The molecular formula is C14H21BrN4O. The van der Waals surface area contributed by atoms with Crippen LogP contribution < -0.4 is 10.5 Å². The van der Waals surface area contributed by atoms with E-state index in [2.05, 4.69) is 44.8 Å². The van der Waals surface area contributed by atoms with Crippen molar-refractivity contribution in [3.8, 4) is 5.75 Å². The quantitative estimate of drug-likeness (QED) is 0.886. The van der Waals surface area contributed by atoms with Gasteiger partial charge in [0.05, 0.1) is 19.7 Å². The van der Waals surface area contributed by atoms with E-state index >= 15 is 0 Å². The van der Waals surface area contributed by atoms with Gasteiger partial charge in [0.1, 0.15) is 5.75 Å². The first-order valence-electron chi connectivity index (χ1n) is 6.57. The van der Waals surface area contributed by atoms with E-state index in [0.29, 0.717) is 12.5 Å². The molecule has 0 spiro atoms. The molecule has 0 fully saturated rings. The molecule has 0 saturated heterocycles. The van der Waals surface area contributed by atoms with Gasteiger partial charge in [-0.3, -0.25) is 4.99 Å². The van der Waals surface area contributed by atoms with Crippen LogP contribution >= 0.6 is 15.9 Å². The molecule has 1 unspecified atom stereocenters. The molecule has 6 heteroatoms. The maximum Gasteiger partial charge on any atom is 0.191 e. The number of hydrogen-bond acceptors (Lipinski definition) is 5. The molecule has 0 radical (unpaired) electrons. The first-order valence-corrected chi connectivity index (χ1v) is 7.37. The van der Waals surface area contributed by atoms with Crippen LogP contribution in [0.5, 0.6) is 5.75 Å². The molecule has 1 aromatic rings. The van der Waals surface area contributed by atoms with Crippen molar-refractivity contribution in [3.63, 3.8) is 0 Å². The van der Waals surface area contributed by atoms with Crippen molar-refractivity contribution in [2.24, 2.45) is 10.7 Å². The second-order valence-electron chi connectivity index (χ2n) is 5.10. The van der Waals surface area contributed by atoms with Crippen molar-refractivity contribution in [2.75, 3.05) is 40.8 Å². The number of halogens is 1. The Morgan fingerprint density at radius 3 is 2.90 bits per heavy atom. The minimum atomic E-state index is 0.166. The second kappa shape index (κ2) is 6.45. The van der Waals surface area contributed by atoms with Gasteiger partial charge in [-0.2, -0.15) is 0 Å². The molecule has 1 aliphatic heterocycles. The fraction of sp³-hybridized carbons (Fsp3) is 0.500. The molecule has 20 heavy (non-hydrogen) atoms. The van der Waals surface area contributed by atoms with Crippen molar-refractivity contribution in [3.05, 3.63) is 28.2 Å². The molecule has 0 saturated carbocycles. The van der Waals surface area contributed by atoms with Crippen molar-refractivity contribution in [1.82, 2.24) is 9.80 Å². The van der Waals surface area contributed by atoms with Crippen molar-refractivity contribution >= 4 is 21.9 Å². The lowest BCUT2D eigenvalue weighted by Crippen LogP contribution is -2.40. The van der Waals surface area contributed by atoms with E-state index in [1.165, 1.54) is 0 Å². The van der Waals surface area contributed by atoms with E-state index in [4.69, 9.17) is 10.5 Å². The van der Waals surface area contributed by atoms with Gasteiger partial charge in [-0.1, -0.05) is 15.9 Å². The second-order valence-corrected chi connectivity index (χ2v) is 5.95. The molecule has 0 aliphatic carbocycles. The average Bonchev–Trinajstić information content (AvgIpc) is 2.78. The van der Waals surface area contributed by atoms with E-state index < -0.39 is 0 Å². The number of nitrogens with two attached hydrogens (primary N) is 1. The van der Waals surface area contributed by atoms with Crippen LogP contribution in [0, 0.1) is 0 Å². The van der Waals surface area contributed by atoms with Crippen LogP contribution in [0.25, 0.3) is 0 Å². The van der Waals surface area contributed by atoms with Crippen LogP contribution in [0.3, 0.4) is 0 Å². The lowest BCUT2D eigenvalue weighted by atomic mass is 10.1. The highest BCUT2D eigenvalue weighted by molar-refractivity contribution is 9.10.